The topological polar surface area (TPSA) is 76.9 Å². The van der Waals surface area contributed by atoms with Crippen LogP contribution < -0.4 is 15.4 Å². The summed E-state index contributed by atoms with van der Waals surface area (Å²) in [6.45, 7) is 0. The summed E-state index contributed by atoms with van der Waals surface area (Å²) in [5, 5.41) is 11.4. The zero-order valence-corrected chi connectivity index (χ0v) is 18.3. The van der Waals surface area contributed by atoms with E-state index in [2.05, 4.69) is 15.7 Å². The monoisotopic (exact) mass is 414 g/mol. The van der Waals surface area contributed by atoms with Crippen LogP contribution in [0.2, 0.25) is 0 Å². The Balaban J connectivity index is 0.000000645. The number of ether oxygens (including phenoxy) is 1. The van der Waals surface area contributed by atoms with Crippen LogP contribution in [0.4, 0.5) is 11.6 Å². The second kappa shape index (κ2) is 9.09. The summed E-state index contributed by atoms with van der Waals surface area (Å²) in [5.41, 5.74) is 2.31. The Hall–Kier alpha value is -2.19. The molecule has 3 heterocycles. The van der Waals surface area contributed by atoms with Gasteiger partial charge in [-0.3, -0.25) is 4.68 Å². The number of thiophene rings is 1. The summed E-state index contributed by atoms with van der Waals surface area (Å²) in [4.78, 5) is 12.1. The molecule has 2 aliphatic rings. The number of nitrogens with zero attached hydrogens (tertiary/aromatic N) is 4. The molecule has 1 fully saturated rings. The lowest BCUT2D eigenvalue weighted by molar-refractivity contribution is 0.151. The maximum Gasteiger partial charge on any atom is 0.232 e. The lowest BCUT2D eigenvalue weighted by Crippen LogP contribution is -2.20. The Morgan fingerprint density at radius 1 is 1.10 bits per heavy atom. The van der Waals surface area contributed by atoms with Gasteiger partial charge in [-0.05, 0) is 64.6 Å². The molecule has 1 saturated carbocycles. The molecule has 0 unspecified atom stereocenters. The molecule has 0 aliphatic heterocycles. The Morgan fingerprint density at radius 3 is 2.62 bits per heavy atom. The van der Waals surface area contributed by atoms with Crippen LogP contribution in [-0.4, -0.2) is 39.9 Å². The van der Waals surface area contributed by atoms with E-state index >= 15 is 0 Å². The Morgan fingerprint density at radius 2 is 1.90 bits per heavy atom. The van der Waals surface area contributed by atoms with E-state index < -0.39 is 0 Å². The van der Waals surface area contributed by atoms with Crippen LogP contribution >= 0.6 is 11.3 Å². The molecule has 156 valence electrons. The highest BCUT2D eigenvalue weighted by Crippen LogP contribution is 2.41. The molecule has 3 aromatic heterocycles. The van der Waals surface area contributed by atoms with Crippen molar-refractivity contribution in [2.45, 2.75) is 57.5 Å². The highest BCUT2D eigenvalue weighted by atomic mass is 32.1. The molecule has 8 heteroatoms. The molecule has 2 aliphatic carbocycles. The van der Waals surface area contributed by atoms with Crippen LogP contribution in [0.3, 0.4) is 0 Å². The molecule has 5 rings (SSSR count). The van der Waals surface area contributed by atoms with Gasteiger partial charge in [-0.15, -0.1) is 11.3 Å². The molecule has 7 nitrogen and oxygen atoms in total. The van der Waals surface area contributed by atoms with Gasteiger partial charge in [0.25, 0.3) is 0 Å². The standard InChI is InChI=1S/C19H23N5OS.C2H7N/c1-24-11-12(10-20-24)21-19-22-17(25-13-6-3-2-4-7-13)16-14-8-5-9-15(14)26-18(16)23-19;1-3-2/h10-11,13H,2-9H2,1H3,(H,21,22,23);3H,1-2H3. The highest BCUT2D eigenvalue weighted by Gasteiger charge is 2.25. The van der Waals surface area contributed by atoms with E-state index in [0.717, 1.165) is 47.5 Å². The second-order valence-electron chi connectivity index (χ2n) is 7.80. The van der Waals surface area contributed by atoms with Gasteiger partial charge in [-0.25, -0.2) is 4.98 Å². The molecule has 0 bridgehead atoms. The fraction of sp³-hybridized carbons (Fsp3) is 0.571. The van der Waals surface area contributed by atoms with Crippen molar-refractivity contribution in [3.63, 3.8) is 0 Å². The lowest BCUT2D eigenvalue weighted by atomic mass is 9.98. The molecule has 0 radical (unpaired) electrons. The van der Waals surface area contributed by atoms with Gasteiger partial charge < -0.3 is 15.4 Å². The number of rotatable bonds is 4. The normalized spacial score (nSPS) is 16.4. The molecule has 0 atom stereocenters. The van der Waals surface area contributed by atoms with Crippen molar-refractivity contribution in [2.75, 3.05) is 19.4 Å². The first-order valence-electron chi connectivity index (χ1n) is 10.5. The third-order valence-corrected chi connectivity index (χ3v) is 6.51. The summed E-state index contributed by atoms with van der Waals surface area (Å²) in [5.74, 6) is 1.36. The van der Waals surface area contributed by atoms with Gasteiger partial charge in [-0.2, -0.15) is 10.1 Å². The van der Waals surface area contributed by atoms with Gasteiger partial charge in [0.1, 0.15) is 10.9 Å². The minimum Gasteiger partial charge on any atom is -0.474 e. The zero-order valence-electron chi connectivity index (χ0n) is 17.5. The number of nitrogens with one attached hydrogen (secondary N) is 2. The Labute approximate surface area is 175 Å². The quantitative estimate of drug-likeness (QED) is 0.666. The van der Waals surface area contributed by atoms with E-state index in [1.165, 1.54) is 36.1 Å². The first-order valence-corrected chi connectivity index (χ1v) is 11.3. The number of aryl methyl sites for hydroxylation is 3. The number of aromatic nitrogens is 4. The van der Waals surface area contributed by atoms with Crippen molar-refractivity contribution in [3.05, 3.63) is 22.8 Å². The van der Waals surface area contributed by atoms with E-state index in [0.29, 0.717) is 5.95 Å². The van der Waals surface area contributed by atoms with Crippen LogP contribution in [0.25, 0.3) is 10.2 Å². The third-order valence-electron chi connectivity index (χ3n) is 5.32. The summed E-state index contributed by atoms with van der Waals surface area (Å²) < 4.78 is 8.19. The number of fused-ring (bicyclic) bond motifs is 3. The predicted molar refractivity (Wildman–Crippen MR) is 118 cm³/mol. The number of hydrogen-bond donors (Lipinski definition) is 2. The average Bonchev–Trinajstić information content (AvgIpc) is 3.39. The van der Waals surface area contributed by atoms with E-state index in [4.69, 9.17) is 14.7 Å². The predicted octanol–water partition coefficient (Wildman–Crippen LogP) is 4.20. The van der Waals surface area contributed by atoms with Gasteiger partial charge in [0, 0.05) is 18.1 Å². The van der Waals surface area contributed by atoms with E-state index in [-0.39, 0.29) is 6.10 Å². The zero-order chi connectivity index (χ0) is 20.2. The van der Waals surface area contributed by atoms with Crippen LogP contribution in [0.1, 0.15) is 49.0 Å². The molecule has 29 heavy (non-hydrogen) atoms. The lowest BCUT2D eigenvalue weighted by Gasteiger charge is -2.23. The molecular weight excluding hydrogens is 384 g/mol. The minimum absolute atomic E-state index is 0.282. The highest BCUT2D eigenvalue weighted by molar-refractivity contribution is 7.19. The van der Waals surface area contributed by atoms with Crippen LogP contribution in [0.15, 0.2) is 12.4 Å². The fourth-order valence-corrected chi connectivity index (χ4v) is 5.31. The molecule has 0 amide bonds. The van der Waals surface area contributed by atoms with Gasteiger partial charge in [0.05, 0.1) is 17.3 Å². The largest absolute Gasteiger partial charge is 0.474 e. The van der Waals surface area contributed by atoms with Crippen LogP contribution in [0, 0.1) is 0 Å². The Kier molecular flexibility index (Phi) is 6.30. The Bertz CT molecular complexity index is 960. The summed E-state index contributed by atoms with van der Waals surface area (Å²) in [6, 6.07) is 0. The smallest absolute Gasteiger partial charge is 0.232 e. The fourth-order valence-electron chi connectivity index (χ4n) is 4.06. The second-order valence-corrected chi connectivity index (χ2v) is 8.88. The van der Waals surface area contributed by atoms with E-state index in [1.807, 2.05) is 27.3 Å². The van der Waals surface area contributed by atoms with Gasteiger partial charge in [0.15, 0.2) is 0 Å². The third kappa shape index (κ3) is 4.53. The molecule has 2 N–H and O–H groups in total. The van der Waals surface area contributed by atoms with Crippen molar-refractivity contribution >= 4 is 33.2 Å². The average molecular weight is 415 g/mol. The maximum absolute atomic E-state index is 6.43. The minimum atomic E-state index is 0.282. The van der Waals surface area contributed by atoms with Crippen molar-refractivity contribution in [2.24, 2.45) is 7.05 Å². The first-order chi connectivity index (χ1) is 14.2. The van der Waals surface area contributed by atoms with Crippen molar-refractivity contribution in [3.8, 4) is 5.88 Å². The van der Waals surface area contributed by atoms with E-state index in [9.17, 15) is 0 Å². The SMILES string of the molecule is CNC.Cn1cc(Nc2nc(OC3CCCCC3)c3c4c(sc3n2)CCC4)cn1. The van der Waals surface area contributed by atoms with Crippen LogP contribution in [0.5, 0.6) is 5.88 Å². The van der Waals surface area contributed by atoms with Crippen molar-refractivity contribution in [1.82, 2.24) is 25.1 Å². The number of anilines is 2. The van der Waals surface area contributed by atoms with Gasteiger partial charge >= 0.3 is 0 Å². The van der Waals surface area contributed by atoms with Crippen LogP contribution in [-0.2, 0) is 19.9 Å². The molecule has 0 spiro atoms. The molecule has 0 saturated heterocycles. The summed E-state index contributed by atoms with van der Waals surface area (Å²) in [7, 11) is 5.65. The summed E-state index contributed by atoms with van der Waals surface area (Å²) in [6.07, 6.45) is 13.6. The first kappa shape index (κ1) is 20.1. The van der Waals surface area contributed by atoms with E-state index in [1.54, 1.807) is 22.2 Å². The van der Waals surface area contributed by atoms with Gasteiger partial charge in [0.2, 0.25) is 11.8 Å². The molecular formula is C21H30N6OS. The van der Waals surface area contributed by atoms with Gasteiger partial charge in [-0.1, -0.05) is 6.42 Å². The summed E-state index contributed by atoms with van der Waals surface area (Å²) >= 11 is 1.80. The molecule has 3 aromatic rings. The number of hydrogen-bond acceptors (Lipinski definition) is 7. The van der Waals surface area contributed by atoms with Crippen molar-refractivity contribution < 1.29 is 4.74 Å². The van der Waals surface area contributed by atoms with Crippen molar-refractivity contribution in [1.29, 1.82) is 0 Å². The molecule has 0 aromatic carbocycles. The maximum atomic E-state index is 6.43.